The van der Waals surface area contributed by atoms with Crippen molar-refractivity contribution in [3.8, 4) is 0 Å². The minimum absolute atomic E-state index is 0.0190. The predicted molar refractivity (Wildman–Crippen MR) is 77.0 cm³/mol. The van der Waals surface area contributed by atoms with Crippen molar-refractivity contribution in [3.63, 3.8) is 0 Å². The smallest absolute Gasteiger partial charge is 0.307 e. The number of carboxylic acids is 1. The average molecular weight is 314 g/mol. The van der Waals surface area contributed by atoms with Crippen LogP contribution in [-0.2, 0) is 16.0 Å². The lowest BCUT2D eigenvalue weighted by Gasteiger charge is -2.32. The van der Waals surface area contributed by atoms with Crippen LogP contribution < -0.4 is 0 Å². The van der Waals surface area contributed by atoms with Crippen molar-refractivity contribution < 1.29 is 14.7 Å². The molecule has 3 rings (SSSR count). The Balaban J connectivity index is 1.53. The number of nitrogens with zero attached hydrogens (tertiary/aromatic N) is 1. The topological polar surface area (TPSA) is 57.6 Å². The fourth-order valence-electron chi connectivity index (χ4n) is 3.16. The normalized spacial score (nSPS) is 23.9. The summed E-state index contributed by atoms with van der Waals surface area (Å²) in [6, 6.07) is 3.69. The Hall–Kier alpha value is -1.07. The molecule has 0 bridgehead atoms. The number of amides is 1. The molecule has 108 valence electrons. The van der Waals surface area contributed by atoms with Gasteiger partial charge in [-0.25, -0.2) is 0 Å². The van der Waals surface area contributed by atoms with Crippen LogP contribution in [0.15, 0.2) is 12.1 Å². The molecular formula is C14H16ClNO3S. The minimum Gasteiger partial charge on any atom is -0.481 e. The number of halogens is 1. The molecular weight excluding hydrogens is 298 g/mol. The van der Waals surface area contributed by atoms with E-state index in [1.165, 1.54) is 11.3 Å². The van der Waals surface area contributed by atoms with Gasteiger partial charge in [0.1, 0.15) is 0 Å². The van der Waals surface area contributed by atoms with Crippen LogP contribution >= 0.6 is 22.9 Å². The molecule has 1 saturated heterocycles. The Morgan fingerprint density at radius 3 is 2.60 bits per heavy atom. The summed E-state index contributed by atoms with van der Waals surface area (Å²) in [7, 11) is 0. The molecule has 1 aliphatic carbocycles. The zero-order valence-corrected chi connectivity index (χ0v) is 12.5. The highest BCUT2D eigenvalue weighted by Crippen LogP contribution is 2.59. The molecule has 2 heterocycles. The number of thiophene rings is 1. The zero-order valence-electron chi connectivity index (χ0n) is 11.0. The molecule has 6 heteroatoms. The molecule has 1 unspecified atom stereocenters. The number of carbonyl (C=O) groups excluding carboxylic acids is 1. The monoisotopic (exact) mass is 313 g/mol. The van der Waals surface area contributed by atoms with Gasteiger partial charge in [0.2, 0.25) is 5.91 Å². The van der Waals surface area contributed by atoms with E-state index in [4.69, 9.17) is 16.7 Å². The van der Waals surface area contributed by atoms with Crippen LogP contribution in [-0.4, -0.2) is 35.0 Å². The van der Waals surface area contributed by atoms with Gasteiger partial charge in [-0.05, 0) is 36.8 Å². The first-order valence-electron chi connectivity index (χ1n) is 6.75. The molecule has 0 radical (unpaired) electrons. The van der Waals surface area contributed by atoms with E-state index >= 15 is 0 Å². The molecule has 1 atom stereocenters. The first kappa shape index (κ1) is 13.9. The van der Waals surface area contributed by atoms with E-state index in [-0.39, 0.29) is 17.2 Å². The van der Waals surface area contributed by atoms with Crippen molar-refractivity contribution in [2.24, 2.45) is 11.3 Å². The lowest BCUT2D eigenvalue weighted by Crippen LogP contribution is -2.40. The number of likely N-dealkylation sites (tertiary alicyclic amines) is 1. The standard InChI is InChI=1S/C14H16ClNO3S/c15-11-2-1-9(20-11)7-12(17)16-5-3-14(4-6-16)8-10(14)13(18)19/h1-2,10H,3-8H2,(H,18,19). The molecule has 4 nitrogen and oxygen atoms in total. The van der Waals surface area contributed by atoms with E-state index in [9.17, 15) is 9.59 Å². The molecule has 1 amide bonds. The summed E-state index contributed by atoms with van der Waals surface area (Å²) in [5.41, 5.74) is -0.0190. The molecule has 20 heavy (non-hydrogen) atoms. The molecule has 2 aliphatic rings. The number of hydrogen-bond donors (Lipinski definition) is 1. The third kappa shape index (κ3) is 2.56. The van der Waals surface area contributed by atoms with Gasteiger partial charge in [-0.15, -0.1) is 11.3 Å². The van der Waals surface area contributed by atoms with Gasteiger partial charge in [0.15, 0.2) is 0 Å². The van der Waals surface area contributed by atoms with Gasteiger partial charge < -0.3 is 10.0 Å². The largest absolute Gasteiger partial charge is 0.481 e. The molecule has 1 N–H and O–H groups in total. The predicted octanol–water partition coefficient (Wildman–Crippen LogP) is 2.66. The highest BCUT2D eigenvalue weighted by Gasteiger charge is 2.59. The van der Waals surface area contributed by atoms with Crippen molar-refractivity contribution in [1.82, 2.24) is 4.90 Å². The van der Waals surface area contributed by atoms with E-state index in [0.717, 1.165) is 24.1 Å². The molecule has 1 aromatic rings. The van der Waals surface area contributed by atoms with E-state index in [1.807, 2.05) is 17.0 Å². The second kappa shape index (κ2) is 5.04. The number of hydrogen-bond acceptors (Lipinski definition) is 3. The Bertz CT molecular complexity index is 548. The van der Waals surface area contributed by atoms with E-state index in [1.54, 1.807) is 0 Å². The van der Waals surface area contributed by atoms with Gasteiger partial charge in [-0.1, -0.05) is 11.6 Å². The average Bonchev–Trinajstić information content (AvgIpc) is 2.96. The first-order chi connectivity index (χ1) is 9.50. The van der Waals surface area contributed by atoms with Crippen molar-refractivity contribution in [3.05, 3.63) is 21.3 Å². The summed E-state index contributed by atoms with van der Waals surface area (Å²) in [6.45, 7) is 1.36. The van der Waals surface area contributed by atoms with Gasteiger partial charge in [0.25, 0.3) is 0 Å². The molecule has 1 spiro atoms. The summed E-state index contributed by atoms with van der Waals surface area (Å²) < 4.78 is 0.702. The minimum atomic E-state index is -0.682. The highest BCUT2D eigenvalue weighted by molar-refractivity contribution is 7.16. The number of carboxylic acid groups (broad SMARTS) is 1. The highest BCUT2D eigenvalue weighted by atomic mass is 35.5. The lowest BCUT2D eigenvalue weighted by molar-refractivity contribution is -0.139. The maximum Gasteiger partial charge on any atom is 0.307 e. The maximum atomic E-state index is 12.2. The molecule has 0 aromatic carbocycles. The van der Waals surface area contributed by atoms with Gasteiger partial charge in [-0.3, -0.25) is 9.59 Å². The third-order valence-electron chi connectivity index (χ3n) is 4.55. The lowest BCUT2D eigenvalue weighted by atomic mass is 9.90. The Morgan fingerprint density at radius 2 is 2.10 bits per heavy atom. The quantitative estimate of drug-likeness (QED) is 0.933. The van der Waals surface area contributed by atoms with Crippen molar-refractivity contribution in [2.45, 2.75) is 25.7 Å². The van der Waals surface area contributed by atoms with Crippen LogP contribution in [0, 0.1) is 11.3 Å². The molecule has 1 aliphatic heterocycles. The first-order valence-corrected chi connectivity index (χ1v) is 7.94. The Labute approximate surface area is 126 Å². The molecule has 2 fully saturated rings. The van der Waals surface area contributed by atoms with Crippen LogP contribution in [0.2, 0.25) is 4.34 Å². The summed E-state index contributed by atoms with van der Waals surface area (Å²) in [6.07, 6.45) is 2.82. The maximum absolute atomic E-state index is 12.2. The summed E-state index contributed by atoms with van der Waals surface area (Å²) in [4.78, 5) is 26.0. The second-order valence-electron chi connectivity index (χ2n) is 5.72. The fourth-order valence-corrected chi connectivity index (χ4v) is 4.24. The van der Waals surface area contributed by atoms with Crippen LogP contribution in [0.4, 0.5) is 0 Å². The van der Waals surface area contributed by atoms with E-state index < -0.39 is 5.97 Å². The van der Waals surface area contributed by atoms with Crippen molar-refractivity contribution in [1.29, 1.82) is 0 Å². The van der Waals surface area contributed by atoms with Crippen LogP contribution in [0.5, 0.6) is 0 Å². The van der Waals surface area contributed by atoms with Gasteiger partial charge >= 0.3 is 5.97 Å². The number of aliphatic carboxylic acids is 1. The van der Waals surface area contributed by atoms with Gasteiger partial charge in [0, 0.05) is 18.0 Å². The number of piperidine rings is 1. The zero-order chi connectivity index (χ0) is 14.3. The van der Waals surface area contributed by atoms with Gasteiger partial charge in [-0.2, -0.15) is 0 Å². The summed E-state index contributed by atoms with van der Waals surface area (Å²) in [5, 5.41) is 9.05. The number of carbonyl (C=O) groups is 2. The summed E-state index contributed by atoms with van der Waals surface area (Å²) in [5.74, 6) is -0.750. The Morgan fingerprint density at radius 1 is 1.40 bits per heavy atom. The SMILES string of the molecule is O=C(O)C1CC12CCN(C(=O)Cc1ccc(Cl)s1)CC2. The third-order valence-corrected chi connectivity index (χ3v) is 5.79. The van der Waals surface area contributed by atoms with Crippen molar-refractivity contribution in [2.75, 3.05) is 13.1 Å². The van der Waals surface area contributed by atoms with Crippen molar-refractivity contribution >= 4 is 34.8 Å². The Kier molecular flexibility index (Phi) is 3.50. The van der Waals surface area contributed by atoms with Crippen LogP contribution in [0.1, 0.15) is 24.1 Å². The summed E-state index contributed by atoms with van der Waals surface area (Å²) >= 11 is 7.30. The molecule has 1 saturated carbocycles. The van der Waals surface area contributed by atoms with E-state index in [2.05, 4.69) is 0 Å². The number of rotatable bonds is 3. The fraction of sp³-hybridized carbons (Fsp3) is 0.571. The van der Waals surface area contributed by atoms with Crippen LogP contribution in [0.25, 0.3) is 0 Å². The molecule has 1 aromatic heterocycles. The van der Waals surface area contributed by atoms with Crippen LogP contribution in [0.3, 0.4) is 0 Å². The van der Waals surface area contributed by atoms with Gasteiger partial charge in [0.05, 0.1) is 16.7 Å². The van der Waals surface area contributed by atoms with E-state index in [0.29, 0.717) is 23.8 Å². The second-order valence-corrected chi connectivity index (χ2v) is 7.52.